The summed E-state index contributed by atoms with van der Waals surface area (Å²) in [5, 5.41) is 17.4. The zero-order chi connectivity index (χ0) is 9.84. The molecule has 1 aromatic carbocycles. The van der Waals surface area contributed by atoms with Crippen molar-refractivity contribution in [1.29, 1.82) is 5.26 Å². The molecule has 4 heteroatoms. The molecular formula is C9H7F2NO. The van der Waals surface area contributed by atoms with Crippen LogP contribution in [0.5, 0.6) is 0 Å². The van der Waals surface area contributed by atoms with Gasteiger partial charge in [-0.05, 0) is 18.2 Å². The van der Waals surface area contributed by atoms with E-state index in [4.69, 9.17) is 5.26 Å². The molecule has 13 heavy (non-hydrogen) atoms. The van der Waals surface area contributed by atoms with Crippen LogP contribution in [0.2, 0.25) is 0 Å². The molecule has 0 heterocycles. The van der Waals surface area contributed by atoms with E-state index in [0.29, 0.717) is 0 Å². The molecule has 0 bridgehead atoms. The van der Waals surface area contributed by atoms with E-state index in [9.17, 15) is 13.9 Å². The van der Waals surface area contributed by atoms with Crippen molar-refractivity contribution in [3.05, 3.63) is 35.4 Å². The maximum absolute atomic E-state index is 12.9. The number of halogens is 2. The van der Waals surface area contributed by atoms with Crippen LogP contribution in [0.3, 0.4) is 0 Å². The van der Waals surface area contributed by atoms with Crippen molar-refractivity contribution in [3.8, 4) is 6.07 Å². The fraction of sp³-hybridized carbons (Fsp3) is 0.222. The average molecular weight is 183 g/mol. The number of hydrogen-bond donors (Lipinski definition) is 1. The molecule has 1 unspecified atom stereocenters. The van der Waals surface area contributed by atoms with Gasteiger partial charge in [-0.3, -0.25) is 0 Å². The molecule has 68 valence electrons. The van der Waals surface area contributed by atoms with Crippen molar-refractivity contribution in [2.45, 2.75) is 12.5 Å². The third-order valence-corrected chi connectivity index (χ3v) is 1.60. The molecule has 0 amide bonds. The Morgan fingerprint density at radius 2 is 2.15 bits per heavy atom. The van der Waals surface area contributed by atoms with Gasteiger partial charge in [0.05, 0.1) is 18.6 Å². The number of benzene rings is 1. The molecule has 0 radical (unpaired) electrons. The molecule has 1 rings (SSSR count). The van der Waals surface area contributed by atoms with E-state index in [-0.39, 0.29) is 12.0 Å². The summed E-state index contributed by atoms with van der Waals surface area (Å²) in [7, 11) is 0. The monoisotopic (exact) mass is 183 g/mol. The maximum atomic E-state index is 12.9. The minimum absolute atomic E-state index is 0.179. The molecule has 0 aliphatic carbocycles. The highest BCUT2D eigenvalue weighted by molar-refractivity contribution is 5.21. The fourth-order valence-electron chi connectivity index (χ4n) is 0.966. The summed E-state index contributed by atoms with van der Waals surface area (Å²) < 4.78 is 25.5. The van der Waals surface area contributed by atoms with Crippen LogP contribution in [-0.2, 0) is 0 Å². The summed E-state index contributed by atoms with van der Waals surface area (Å²) >= 11 is 0. The van der Waals surface area contributed by atoms with Gasteiger partial charge in [-0.15, -0.1) is 0 Å². The number of rotatable bonds is 2. The van der Waals surface area contributed by atoms with E-state index in [1.807, 2.05) is 0 Å². The van der Waals surface area contributed by atoms with Gasteiger partial charge in [-0.1, -0.05) is 0 Å². The zero-order valence-corrected chi connectivity index (χ0v) is 6.67. The van der Waals surface area contributed by atoms with Gasteiger partial charge in [0.25, 0.3) is 0 Å². The van der Waals surface area contributed by atoms with E-state index >= 15 is 0 Å². The van der Waals surface area contributed by atoms with Crippen LogP contribution in [0.15, 0.2) is 18.2 Å². The number of aliphatic hydroxyl groups is 1. The molecule has 1 atom stereocenters. The Labute approximate surface area is 74.0 Å². The lowest BCUT2D eigenvalue weighted by Crippen LogP contribution is -2.00. The molecule has 0 spiro atoms. The molecule has 1 aromatic rings. The minimum atomic E-state index is -1.26. The standard InChI is InChI=1S/C9H7F2NO/c10-6-1-2-8(11)7(5-6)9(13)3-4-12/h1-2,5,9,13H,3H2. The van der Waals surface area contributed by atoms with E-state index in [1.165, 1.54) is 0 Å². The Bertz CT molecular complexity index is 346. The Kier molecular flexibility index (Phi) is 2.93. The smallest absolute Gasteiger partial charge is 0.129 e. The molecule has 2 nitrogen and oxygen atoms in total. The van der Waals surface area contributed by atoms with Gasteiger partial charge in [0, 0.05) is 5.56 Å². The minimum Gasteiger partial charge on any atom is -0.387 e. The van der Waals surface area contributed by atoms with Gasteiger partial charge in [0.15, 0.2) is 0 Å². The summed E-state index contributed by atoms with van der Waals surface area (Å²) in [6.45, 7) is 0. The Morgan fingerprint density at radius 1 is 1.46 bits per heavy atom. The number of nitrogens with zero attached hydrogens (tertiary/aromatic N) is 1. The third kappa shape index (κ3) is 2.23. The quantitative estimate of drug-likeness (QED) is 0.761. The lowest BCUT2D eigenvalue weighted by molar-refractivity contribution is 0.178. The topological polar surface area (TPSA) is 44.0 Å². The molecule has 0 aliphatic rings. The second kappa shape index (κ2) is 3.97. The van der Waals surface area contributed by atoms with Crippen molar-refractivity contribution in [2.24, 2.45) is 0 Å². The van der Waals surface area contributed by atoms with E-state index in [0.717, 1.165) is 18.2 Å². The van der Waals surface area contributed by atoms with Crippen LogP contribution >= 0.6 is 0 Å². The van der Waals surface area contributed by atoms with Crippen molar-refractivity contribution in [2.75, 3.05) is 0 Å². The fourth-order valence-corrected chi connectivity index (χ4v) is 0.966. The molecule has 0 aliphatic heterocycles. The summed E-state index contributed by atoms with van der Waals surface area (Å²) in [6.07, 6.45) is -1.51. The van der Waals surface area contributed by atoms with Crippen molar-refractivity contribution in [3.63, 3.8) is 0 Å². The van der Waals surface area contributed by atoms with Crippen LogP contribution in [-0.4, -0.2) is 5.11 Å². The maximum Gasteiger partial charge on any atom is 0.129 e. The molecular weight excluding hydrogens is 176 g/mol. The first kappa shape index (κ1) is 9.62. The van der Waals surface area contributed by atoms with Crippen LogP contribution in [0.4, 0.5) is 8.78 Å². The summed E-state index contributed by atoms with van der Waals surface area (Å²) in [5.74, 6) is -1.34. The first-order valence-electron chi connectivity index (χ1n) is 3.65. The highest BCUT2D eigenvalue weighted by Crippen LogP contribution is 2.20. The van der Waals surface area contributed by atoms with Crippen molar-refractivity contribution < 1.29 is 13.9 Å². The Morgan fingerprint density at radius 3 is 2.77 bits per heavy atom. The largest absolute Gasteiger partial charge is 0.387 e. The van der Waals surface area contributed by atoms with Gasteiger partial charge >= 0.3 is 0 Å². The Balaban J connectivity index is 3.00. The van der Waals surface area contributed by atoms with Gasteiger partial charge in [-0.2, -0.15) is 5.26 Å². The summed E-state index contributed by atoms with van der Waals surface area (Å²) in [5.41, 5.74) is -0.179. The lowest BCUT2D eigenvalue weighted by Gasteiger charge is -2.07. The van der Waals surface area contributed by atoms with Crippen LogP contribution in [0, 0.1) is 23.0 Å². The number of aliphatic hydroxyl groups excluding tert-OH is 1. The molecule has 0 aromatic heterocycles. The van der Waals surface area contributed by atoms with Gasteiger partial charge in [-0.25, -0.2) is 8.78 Å². The van der Waals surface area contributed by atoms with E-state index in [1.54, 1.807) is 6.07 Å². The predicted octanol–water partition coefficient (Wildman–Crippen LogP) is 1.91. The van der Waals surface area contributed by atoms with Crippen LogP contribution in [0.25, 0.3) is 0 Å². The predicted molar refractivity (Wildman–Crippen MR) is 41.5 cm³/mol. The highest BCUT2D eigenvalue weighted by atomic mass is 19.1. The molecule has 0 saturated carbocycles. The van der Waals surface area contributed by atoms with Crippen molar-refractivity contribution in [1.82, 2.24) is 0 Å². The first-order valence-corrected chi connectivity index (χ1v) is 3.65. The number of nitriles is 1. The molecule has 0 fully saturated rings. The molecule has 0 saturated heterocycles. The second-order valence-corrected chi connectivity index (χ2v) is 2.54. The number of hydrogen-bond acceptors (Lipinski definition) is 2. The summed E-state index contributed by atoms with van der Waals surface area (Å²) in [4.78, 5) is 0. The van der Waals surface area contributed by atoms with Gasteiger partial charge in [0.2, 0.25) is 0 Å². The third-order valence-electron chi connectivity index (χ3n) is 1.60. The van der Waals surface area contributed by atoms with Gasteiger partial charge in [0.1, 0.15) is 11.6 Å². The van der Waals surface area contributed by atoms with Crippen molar-refractivity contribution >= 4 is 0 Å². The van der Waals surface area contributed by atoms with Gasteiger partial charge < -0.3 is 5.11 Å². The van der Waals surface area contributed by atoms with Crippen LogP contribution in [0.1, 0.15) is 18.1 Å². The zero-order valence-electron chi connectivity index (χ0n) is 6.67. The average Bonchev–Trinajstić information content (AvgIpc) is 2.09. The highest BCUT2D eigenvalue weighted by Gasteiger charge is 2.12. The van der Waals surface area contributed by atoms with Crippen LogP contribution < -0.4 is 0 Å². The summed E-state index contributed by atoms with van der Waals surface area (Å²) in [6, 6.07) is 4.44. The SMILES string of the molecule is N#CCC(O)c1cc(F)ccc1F. The normalized spacial score (nSPS) is 12.2. The first-order chi connectivity index (χ1) is 6.15. The molecule has 1 N–H and O–H groups in total. The van der Waals surface area contributed by atoms with E-state index in [2.05, 4.69) is 0 Å². The lowest BCUT2D eigenvalue weighted by atomic mass is 10.1. The second-order valence-electron chi connectivity index (χ2n) is 2.54. The Hall–Kier alpha value is -1.47. The van der Waals surface area contributed by atoms with E-state index < -0.39 is 17.7 Å².